The monoisotopic (exact) mass is 332 g/mol. The van der Waals surface area contributed by atoms with Gasteiger partial charge >= 0.3 is 0 Å². The molecule has 0 spiro atoms. The number of rotatable bonds is 4. The number of nitrogens with two attached hydrogens (primary N) is 1. The quantitative estimate of drug-likeness (QED) is 0.922. The first-order valence-corrected chi connectivity index (χ1v) is 9.16. The molecule has 0 bridgehead atoms. The minimum atomic E-state index is -0.508. The van der Waals surface area contributed by atoms with Crippen molar-refractivity contribution < 1.29 is 13.9 Å². The van der Waals surface area contributed by atoms with Crippen LogP contribution in [0.1, 0.15) is 60.9 Å². The summed E-state index contributed by atoms with van der Waals surface area (Å²) in [5, 5.41) is 0. The number of hydrogen-bond acceptors (Lipinski definition) is 3. The fraction of sp³-hybridized carbons (Fsp3) is 0.632. The van der Waals surface area contributed by atoms with E-state index in [1.165, 1.54) is 57.1 Å². The number of hydrogen-bond donors (Lipinski definition) is 1. The lowest BCUT2D eigenvalue weighted by Gasteiger charge is -2.47. The number of carbonyl (C=O) groups excluding carboxylic acids is 1. The van der Waals surface area contributed by atoms with Crippen LogP contribution < -0.4 is 10.5 Å². The fourth-order valence-electron chi connectivity index (χ4n) is 4.64. The molecule has 5 heteroatoms. The predicted molar refractivity (Wildman–Crippen MR) is 89.6 cm³/mol. The lowest BCUT2D eigenvalue weighted by Crippen LogP contribution is -2.55. The molecule has 1 aromatic rings. The summed E-state index contributed by atoms with van der Waals surface area (Å²) in [5.41, 5.74) is 6.55. The van der Waals surface area contributed by atoms with E-state index in [4.69, 9.17) is 10.5 Å². The number of primary amides is 1. The molecule has 4 nitrogen and oxygen atoms in total. The summed E-state index contributed by atoms with van der Waals surface area (Å²) >= 11 is 0. The van der Waals surface area contributed by atoms with E-state index in [0.29, 0.717) is 36.2 Å². The zero-order chi connectivity index (χ0) is 16.7. The smallest absolute Gasteiger partial charge is 0.249 e. The zero-order valence-corrected chi connectivity index (χ0v) is 14.0. The van der Waals surface area contributed by atoms with E-state index in [-0.39, 0.29) is 11.8 Å². The minimum Gasteiger partial charge on any atom is -0.489 e. The number of nitrogens with zero attached hydrogens (tertiary/aromatic N) is 1. The fourth-order valence-corrected chi connectivity index (χ4v) is 4.64. The average Bonchev–Trinajstić information content (AvgIpc) is 3.04. The number of benzene rings is 1. The van der Waals surface area contributed by atoms with Crippen LogP contribution in [0.3, 0.4) is 0 Å². The SMILES string of the molecule is NC(=O)c1ccc(F)c2c1C[C@H](N(C1CCCC1)C1CCC1)CO2. The van der Waals surface area contributed by atoms with Gasteiger partial charge in [-0.3, -0.25) is 9.69 Å². The van der Waals surface area contributed by atoms with Gasteiger partial charge < -0.3 is 10.5 Å². The lowest BCUT2D eigenvalue weighted by molar-refractivity contribution is 0.00907. The van der Waals surface area contributed by atoms with Crippen molar-refractivity contribution in [2.45, 2.75) is 69.5 Å². The van der Waals surface area contributed by atoms with Crippen LogP contribution in [-0.2, 0) is 6.42 Å². The van der Waals surface area contributed by atoms with Gasteiger partial charge in [-0.25, -0.2) is 4.39 Å². The van der Waals surface area contributed by atoms with Crippen molar-refractivity contribution in [1.82, 2.24) is 4.90 Å². The Morgan fingerprint density at radius 1 is 1.08 bits per heavy atom. The third-order valence-electron chi connectivity index (χ3n) is 6.00. The second kappa shape index (κ2) is 6.36. The number of amides is 1. The van der Waals surface area contributed by atoms with Crippen LogP contribution in [0.2, 0.25) is 0 Å². The van der Waals surface area contributed by atoms with E-state index >= 15 is 0 Å². The first kappa shape index (κ1) is 15.9. The molecule has 1 aliphatic heterocycles. The summed E-state index contributed by atoms with van der Waals surface area (Å²) in [7, 11) is 0. The first-order chi connectivity index (χ1) is 11.6. The maximum absolute atomic E-state index is 14.1. The Kier molecular flexibility index (Phi) is 4.21. The summed E-state index contributed by atoms with van der Waals surface area (Å²) in [6.07, 6.45) is 9.49. The van der Waals surface area contributed by atoms with Gasteiger partial charge in [0.15, 0.2) is 11.6 Å². The van der Waals surface area contributed by atoms with E-state index < -0.39 is 11.7 Å². The van der Waals surface area contributed by atoms with Crippen molar-refractivity contribution in [3.05, 3.63) is 29.1 Å². The summed E-state index contributed by atoms with van der Waals surface area (Å²) < 4.78 is 19.9. The molecule has 24 heavy (non-hydrogen) atoms. The van der Waals surface area contributed by atoms with Crippen molar-refractivity contribution in [2.75, 3.05) is 6.61 Å². The molecule has 1 atom stereocenters. The highest BCUT2D eigenvalue weighted by molar-refractivity contribution is 5.95. The normalized spacial score (nSPS) is 24.5. The third kappa shape index (κ3) is 2.69. The Labute approximate surface area is 142 Å². The summed E-state index contributed by atoms with van der Waals surface area (Å²) in [6, 6.07) is 4.21. The Hall–Kier alpha value is -1.62. The van der Waals surface area contributed by atoms with Crippen molar-refractivity contribution >= 4 is 5.91 Å². The molecule has 0 radical (unpaired) electrons. The van der Waals surface area contributed by atoms with Gasteiger partial charge in [-0.05, 0) is 44.2 Å². The third-order valence-corrected chi connectivity index (χ3v) is 6.00. The number of ether oxygens (including phenoxy) is 1. The van der Waals surface area contributed by atoms with E-state index in [2.05, 4.69) is 4.90 Å². The predicted octanol–water partition coefficient (Wildman–Crippen LogP) is 3.03. The van der Waals surface area contributed by atoms with E-state index in [1.54, 1.807) is 0 Å². The number of halogens is 1. The van der Waals surface area contributed by atoms with Gasteiger partial charge in [0.05, 0.1) is 0 Å². The second-order valence-electron chi connectivity index (χ2n) is 7.41. The topological polar surface area (TPSA) is 55.6 Å². The van der Waals surface area contributed by atoms with Crippen molar-refractivity contribution in [2.24, 2.45) is 5.73 Å². The molecule has 2 saturated carbocycles. The maximum Gasteiger partial charge on any atom is 0.249 e. The summed E-state index contributed by atoms with van der Waals surface area (Å²) in [6.45, 7) is 0.499. The van der Waals surface area contributed by atoms with Crippen LogP contribution in [-0.4, -0.2) is 35.5 Å². The molecule has 0 unspecified atom stereocenters. The molecule has 0 saturated heterocycles. The average molecular weight is 332 g/mol. The van der Waals surface area contributed by atoms with Gasteiger partial charge in [0, 0.05) is 29.3 Å². The van der Waals surface area contributed by atoms with Gasteiger partial charge in [0.25, 0.3) is 0 Å². The molecule has 1 aromatic carbocycles. The van der Waals surface area contributed by atoms with Crippen molar-refractivity contribution in [3.8, 4) is 5.75 Å². The van der Waals surface area contributed by atoms with Gasteiger partial charge in [0.1, 0.15) is 6.61 Å². The first-order valence-electron chi connectivity index (χ1n) is 9.16. The number of carbonyl (C=O) groups is 1. The molecule has 0 aromatic heterocycles. The van der Waals surface area contributed by atoms with E-state index in [9.17, 15) is 9.18 Å². The molecule has 4 rings (SSSR count). The molecular formula is C19H25FN2O2. The van der Waals surface area contributed by atoms with Crippen molar-refractivity contribution in [3.63, 3.8) is 0 Å². The van der Waals surface area contributed by atoms with Crippen molar-refractivity contribution in [1.29, 1.82) is 0 Å². The molecule has 2 N–H and O–H groups in total. The Morgan fingerprint density at radius 2 is 1.75 bits per heavy atom. The van der Waals surface area contributed by atoms with E-state index in [1.807, 2.05) is 0 Å². The van der Waals surface area contributed by atoms with Gasteiger partial charge in [0.2, 0.25) is 5.91 Å². The summed E-state index contributed by atoms with van der Waals surface area (Å²) in [4.78, 5) is 14.4. The standard InChI is InChI=1S/C19H25FN2O2/c20-17-9-8-15(19(21)23)16-10-14(11-24-18(16)17)22(13-6-3-7-13)12-4-1-2-5-12/h8-9,12-14H,1-7,10-11H2,(H2,21,23)/t14-/m0/s1. The molecule has 130 valence electrons. The highest BCUT2D eigenvalue weighted by atomic mass is 19.1. The van der Waals surface area contributed by atoms with Crippen LogP contribution in [0.15, 0.2) is 12.1 Å². The van der Waals surface area contributed by atoms with Gasteiger partial charge in [-0.15, -0.1) is 0 Å². The van der Waals surface area contributed by atoms with E-state index in [0.717, 1.165) is 0 Å². The Bertz CT molecular complexity index is 638. The van der Waals surface area contributed by atoms with Gasteiger partial charge in [-0.1, -0.05) is 19.3 Å². The molecule has 1 heterocycles. The molecule has 3 aliphatic rings. The van der Waals surface area contributed by atoms with Crippen LogP contribution >= 0.6 is 0 Å². The largest absolute Gasteiger partial charge is 0.489 e. The highest BCUT2D eigenvalue weighted by Gasteiger charge is 2.39. The molecule has 2 fully saturated rings. The minimum absolute atomic E-state index is 0.214. The highest BCUT2D eigenvalue weighted by Crippen LogP contribution is 2.38. The summed E-state index contributed by atoms with van der Waals surface area (Å²) in [5.74, 6) is -0.682. The van der Waals surface area contributed by atoms with Crippen LogP contribution in [0.25, 0.3) is 0 Å². The molecular weight excluding hydrogens is 307 g/mol. The zero-order valence-electron chi connectivity index (χ0n) is 14.0. The maximum atomic E-state index is 14.1. The second-order valence-corrected chi connectivity index (χ2v) is 7.41. The Morgan fingerprint density at radius 3 is 2.33 bits per heavy atom. The molecule has 2 aliphatic carbocycles. The Balaban J connectivity index is 1.64. The number of fused-ring (bicyclic) bond motifs is 1. The molecule has 1 amide bonds. The van der Waals surface area contributed by atoms with Gasteiger partial charge in [-0.2, -0.15) is 0 Å². The van der Waals surface area contributed by atoms with Crippen LogP contribution in [0.5, 0.6) is 5.75 Å². The van der Waals surface area contributed by atoms with Crippen LogP contribution in [0.4, 0.5) is 4.39 Å². The lowest BCUT2D eigenvalue weighted by atomic mass is 9.86. The van der Waals surface area contributed by atoms with Crippen LogP contribution in [0, 0.1) is 5.82 Å².